The lowest BCUT2D eigenvalue weighted by atomic mass is 9.92. The molecule has 0 radical (unpaired) electrons. The zero-order chi connectivity index (χ0) is 27.6. The molecule has 0 aliphatic carbocycles. The van der Waals surface area contributed by atoms with Crippen LogP contribution in [0.2, 0.25) is 0 Å². The summed E-state index contributed by atoms with van der Waals surface area (Å²) >= 11 is 0. The number of fused-ring (bicyclic) bond motifs is 2. The Morgan fingerprint density at radius 1 is 1.00 bits per heavy atom. The molecule has 2 aromatic heterocycles. The Morgan fingerprint density at radius 3 is 2.19 bits per heavy atom. The molecule has 2 aromatic carbocycles. The minimum absolute atomic E-state index is 0.0846. The Balaban J connectivity index is 0.000000634. The topological polar surface area (TPSA) is 92.4 Å². The summed E-state index contributed by atoms with van der Waals surface area (Å²) in [5.41, 5.74) is 5.02. The maximum atomic E-state index is 12.9. The van der Waals surface area contributed by atoms with Crippen LogP contribution < -0.4 is 5.56 Å². The monoisotopic (exact) mass is 488 g/mol. The molecule has 2 N–H and O–H groups in total. The highest BCUT2D eigenvalue weighted by Crippen LogP contribution is 2.35. The first-order valence-electron chi connectivity index (χ1n) is 11.4. The van der Waals surface area contributed by atoms with E-state index in [1.165, 1.54) is 0 Å². The molecule has 0 saturated carbocycles. The van der Waals surface area contributed by atoms with Gasteiger partial charge in [-0.3, -0.25) is 9.78 Å². The van der Waals surface area contributed by atoms with Gasteiger partial charge in [0.2, 0.25) is 0 Å². The number of benzene rings is 2. The summed E-state index contributed by atoms with van der Waals surface area (Å²) in [6.07, 6.45) is 10.8. The van der Waals surface area contributed by atoms with Crippen molar-refractivity contribution in [2.24, 2.45) is 7.05 Å². The van der Waals surface area contributed by atoms with Gasteiger partial charge in [-0.2, -0.15) is 0 Å². The lowest BCUT2D eigenvalue weighted by Gasteiger charge is -2.18. The number of aliphatic hydroxyl groups excluding tert-OH is 1. The van der Waals surface area contributed by atoms with Crippen LogP contribution in [0.5, 0.6) is 0 Å². The SMILES string of the molecule is C#C.CC(C)(C)O.CO.Cc1ccc2c(-c3cccc4c(C)ccnc34)c(CC=O)n(C)c(=O)c2c1. The van der Waals surface area contributed by atoms with Crippen molar-refractivity contribution in [3.8, 4) is 24.0 Å². The van der Waals surface area contributed by atoms with Crippen LogP contribution in [0.3, 0.4) is 0 Å². The number of carbonyl (C=O) groups is 1. The van der Waals surface area contributed by atoms with E-state index in [-0.39, 0.29) is 12.0 Å². The molecule has 0 amide bonds. The summed E-state index contributed by atoms with van der Waals surface area (Å²) < 4.78 is 1.60. The molecule has 0 spiro atoms. The average Bonchev–Trinajstić information content (AvgIpc) is 2.85. The molecule has 36 heavy (non-hydrogen) atoms. The van der Waals surface area contributed by atoms with Gasteiger partial charge in [0.15, 0.2) is 0 Å². The van der Waals surface area contributed by atoms with Crippen molar-refractivity contribution in [1.82, 2.24) is 9.55 Å². The van der Waals surface area contributed by atoms with Crippen LogP contribution in [-0.4, -0.2) is 38.8 Å². The van der Waals surface area contributed by atoms with Gasteiger partial charge in [-0.1, -0.05) is 35.9 Å². The largest absolute Gasteiger partial charge is 0.400 e. The summed E-state index contributed by atoms with van der Waals surface area (Å²) in [5.74, 6) is 0. The molecule has 2 heterocycles. The van der Waals surface area contributed by atoms with E-state index >= 15 is 0 Å². The Morgan fingerprint density at radius 2 is 1.61 bits per heavy atom. The number of rotatable bonds is 3. The third kappa shape index (κ3) is 7.11. The quantitative estimate of drug-likeness (QED) is 0.321. The number of hydrogen-bond donors (Lipinski definition) is 2. The number of aliphatic hydroxyl groups is 2. The minimum Gasteiger partial charge on any atom is -0.400 e. The van der Waals surface area contributed by atoms with Crippen LogP contribution in [-0.2, 0) is 18.3 Å². The lowest BCUT2D eigenvalue weighted by Crippen LogP contribution is -2.22. The molecule has 4 aromatic rings. The van der Waals surface area contributed by atoms with Crippen molar-refractivity contribution >= 4 is 28.0 Å². The van der Waals surface area contributed by atoms with E-state index in [2.05, 4.69) is 30.8 Å². The van der Waals surface area contributed by atoms with Crippen molar-refractivity contribution in [2.75, 3.05) is 7.11 Å². The van der Waals surface area contributed by atoms with Crippen molar-refractivity contribution < 1.29 is 15.0 Å². The average molecular weight is 489 g/mol. The number of aldehydes is 1. The number of terminal acetylenes is 1. The Kier molecular flexibility index (Phi) is 11.2. The van der Waals surface area contributed by atoms with Crippen LogP contribution >= 0.6 is 0 Å². The van der Waals surface area contributed by atoms with Crippen LogP contribution in [0.4, 0.5) is 0 Å². The van der Waals surface area contributed by atoms with Gasteiger partial charge in [0, 0.05) is 54.4 Å². The van der Waals surface area contributed by atoms with Gasteiger partial charge < -0.3 is 19.6 Å². The van der Waals surface area contributed by atoms with Gasteiger partial charge in [-0.25, -0.2) is 0 Å². The highest BCUT2D eigenvalue weighted by molar-refractivity contribution is 6.05. The smallest absolute Gasteiger partial charge is 0.258 e. The number of carbonyl (C=O) groups excluding carboxylic acids is 1. The highest BCUT2D eigenvalue weighted by Gasteiger charge is 2.18. The summed E-state index contributed by atoms with van der Waals surface area (Å²) in [6, 6.07) is 13.9. The van der Waals surface area contributed by atoms with E-state index in [0.717, 1.165) is 51.9 Å². The molecule has 190 valence electrons. The van der Waals surface area contributed by atoms with E-state index < -0.39 is 5.60 Å². The van der Waals surface area contributed by atoms with E-state index in [0.29, 0.717) is 11.1 Å². The molecule has 0 atom stereocenters. The first-order valence-corrected chi connectivity index (χ1v) is 11.4. The number of para-hydroxylation sites is 1. The standard InChI is InChI=1S/C23H20N2O2.C4H10O.C2H2.CH4O/c1-14-7-8-17-19(13-14)23(27)25(3)20(10-12-26)21(17)18-6-4-5-16-15(2)9-11-24-22(16)18;1-4(2,3)5;2*1-2/h4-9,11-13H,10H2,1-3H3;5H,1-3H3;1-2H;2H,1H3. The van der Waals surface area contributed by atoms with E-state index in [1.54, 1.807) is 38.6 Å². The molecule has 4 rings (SSSR count). The second-order valence-electron chi connectivity index (χ2n) is 9.11. The fourth-order valence-electron chi connectivity index (χ4n) is 3.81. The molecule has 0 aliphatic heterocycles. The molecule has 0 bridgehead atoms. The minimum atomic E-state index is -0.500. The Hall–Kier alpha value is -3.79. The maximum absolute atomic E-state index is 12.9. The molecular weight excluding hydrogens is 452 g/mol. The number of aromatic nitrogens is 2. The predicted octanol–water partition coefficient (Wildman–Crippen LogP) is 4.75. The molecule has 6 nitrogen and oxygen atoms in total. The Bertz CT molecular complexity index is 1400. The van der Waals surface area contributed by atoms with Gasteiger partial charge >= 0.3 is 0 Å². The van der Waals surface area contributed by atoms with Crippen LogP contribution in [0.1, 0.15) is 37.6 Å². The van der Waals surface area contributed by atoms with Gasteiger partial charge in [-0.15, -0.1) is 12.8 Å². The van der Waals surface area contributed by atoms with Crippen LogP contribution in [0.25, 0.3) is 32.8 Å². The zero-order valence-corrected chi connectivity index (χ0v) is 22.2. The summed E-state index contributed by atoms with van der Waals surface area (Å²) in [6.45, 7) is 9.26. The van der Waals surface area contributed by atoms with Gasteiger partial charge in [0.25, 0.3) is 5.56 Å². The highest BCUT2D eigenvalue weighted by atomic mass is 16.3. The first kappa shape index (κ1) is 30.2. The summed E-state index contributed by atoms with van der Waals surface area (Å²) in [5, 5.41) is 18.1. The number of aryl methyl sites for hydroxylation is 2. The molecule has 0 fully saturated rings. The number of pyridine rings is 2. The summed E-state index contributed by atoms with van der Waals surface area (Å²) in [4.78, 5) is 28.9. The molecular formula is C30H36N2O4. The first-order chi connectivity index (χ1) is 17.0. The van der Waals surface area contributed by atoms with Crippen molar-refractivity contribution in [3.05, 3.63) is 75.8 Å². The van der Waals surface area contributed by atoms with Crippen molar-refractivity contribution in [3.63, 3.8) is 0 Å². The second kappa shape index (κ2) is 13.3. The fraction of sp³-hybridized carbons (Fsp3) is 0.300. The molecule has 0 unspecified atom stereocenters. The number of hydrogen-bond acceptors (Lipinski definition) is 5. The van der Waals surface area contributed by atoms with Crippen LogP contribution in [0.15, 0.2) is 53.5 Å². The summed E-state index contributed by atoms with van der Waals surface area (Å²) in [7, 11) is 2.73. The molecule has 0 saturated heterocycles. The van der Waals surface area contributed by atoms with E-state index in [9.17, 15) is 9.59 Å². The normalized spacial score (nSPS) is 10.3. The molecule has 6 heteroatoms. The van der Waals surface area contributed by atoms with Gasteiger partial charge in [-0.05, 0) is 57.7 Å². The van der Waals surface area contributed by atoms with E-state index in [1.807, 2.05) is 43.3 Å². The van der Waals surface area contributed by atoms with E-state index in [4.69, 9.17) is 10.2 Å². The fourth-order valence-corrected chi connectivity index (χ4v) is 3.81. The van der Waals surface area contributed by atoms with Crippen molar-refractivity contribution in [1.29, 1.82) is 0 Å². The maximum Gasteiger partial charge on any atom is 0.258 e. The lowest BCUT2D eigenvalue weighted by molar-refractivity contribution is -0.107. The Labute approximate surface area is 213 Å². The molecule has 0 aliphatic rings. The third-order valence-corrected chi connectivity index (χ3v) is 5.21. The third-order valence-electron chi connectivity index (χ3n) is 5.21. The van der Waals surface area contributed by atoms with Crippen LogP contribution in [0, 0.1) is 26.7 Å². The second-order valence-corrected chi connectivity index (χ2v) is 9.11. The van der Waals surface area contributed by atoms with Gasteiger partial charge in [0.1, 0.15) is 6.29 Å². The zero-order valence-electron chi connectivity index (χ0n) is 22.2. The number of nitrogens with zero attached hydrogens (tertiary/aromatic N) is 2. The van der Waals surface area contributed by atoms with Gasteiger partial charge in [0.05, 0.1) is 11.1 Å². The van der Waals surface area contributed by atoms with Crippen molar-refractivity contribution in [2.45, 2.75) is 46.6 Å². The predicted molar refractivity (Wildman–Crippen MR) is 149 cm³/mol.